The van der Waals surface area contributed by atoms with Crippen molar-refractivity contribution in [1.29, 1.82) is 0 Å². The molecule has 90 valence electrons. The maximum absolute atomic E-state index is 3.51. The summed E-state index contributed by atoms with van der Waals surface area (Å²) in [5.74, 6) is 0. The molecule has 1 aliphatic rings. The zero-order valence-electron chi connectivity index (χ0n) is 10.6. The van der Waals surface area contributed by atoms with Crippen molar-refractivity contribution in [3.05, 3.63) is 0 Å². The standard InChI is InChI=1S/C12H27N3/c1-14(2)10-5-8-13-9-11-15(3)12-6-4-7-12/h12-13H,4-11H2,1-3H3. The van der Waals surface area contributed by atoms with Crippen molar-refractivity contribution < 1.29 is 0 Å². The Morgan fingerprint density at radius 1 is 1.07 bits per heavy atom. The van der Waals surface area contributed by atoms with E-state index >= 15 is 0 Å². The summed E-state index contributed by atoms with van der Waals surface area (Å²) in [7, 11) is 6.51. The molecule has 3 nitrogen and oxygen atoms in total. The molecule has 1 N–H and O–H groups in total. The smallest absolute Gasteiger partial charge is 0.0107 e. The van der Waals surface area contributed by atoms with Crippen LogP contribution in [-0.4, -0.2) is 63.2 Å². The van der Waals surface area contributed by atoms with Gasteiger partial charge >= 0.3 is 0 Å². The van der Waals surface area contributed by atoms with Gasteiger partial charge in [-0.05, 0) is 53.5 Å². The van der Waals surface area contributed by atoms with Crippen molar-refractivity contribution in [2.24, 2.45) is 0 Å². The average Bonchev–Trinajstić information content (AvgIpc) is 2.07. The highest BCUT2D eigenvalue weighted by Crippen LogP contribution is 2.22. The van der Waals surface area contributed by atoms with E-state index in [1.54, 1.807) is 0 Å². The van der Waals surface area contributed by atoms with Crippen LogP contribution in [0.2, 0.25) is 0 Å². The number of likely N-dealkylation sites (N-methyl/N-ethyl adjacent to an activating group) is 1. The number of hydrogen-bond acceptors (Lipinski definition) is 3. The molecule has 1 aliphatic carbocycles. The zero-order chi connectivity index (χ0) is 11.1. The number of hydrogen-bond donors (Lipinski definition) is 1. The molecule has 1 saturated carbocycles. The molecule has 0 saturated heterocycles. The lowest BCUT2D eigenvalue weighted by atomic mass is 9.92. The third-order valence-electron chi connectivity index (χ3n) is 3.30. The van der Waals surface area contributed by atoms with Crippen LogP contribution < -0.4 is 5.32 Å². The van der Waals surface area contributed by atoms with Gasteiger partial charge < -0.3 is 15.1 Å². The summed E-state index contributed by atoms with van der Waals surface area (Å²) in [6, 6.07) is 0.883. The lowest BCUT2D eigenvalue weighted by molar-refractivity contribution is 0.160. The third-order valence-corrected chi connectivity index (χ3v) is 3.30. The fraction of sp³-hybridized carbons (Fsp3) is 1.00. The molecule has 0 heterocycles. The minimum atomic E-state index is 0.883. The monoisotopic (exact) mass is 213 g/mol. The van der Waals surface area contributed by atoms with Gasteiger partial charge in [-0.1, -0.05) is 6.42 Å². The van der Waals surface area contributed by atoms with Crippen molar-refractivity contribution >= 4 is 0 Å². The van der Waals surface area contributed by atoms with Crippen molar-refractivity contribution in [2.75, 3.05) is 47.3 Å². The van der Waals surface area contributed by atoms with Crippen LogP contribution in [0.5, 0.6) is 0 Å². The van der Waals surface area contributed by atoms with Gasteiger partial charge in [0, 0.05) is 19.1 Å². The Balaban J connectivity index is 1.83. The second-order valence-corrected chi connectivity index (χ2v) is 4.97. The summed E-state index contributed by atoms with van der Waals surface area (Å²) in [5.41, 5.74) is 0. The van der Waals surface area contributed by atoms with Crippen molar-refractivity contribution in [3.8, 4) is 0 Å². The van der Waals surface area contributed by atoms with Crippen molar-refractivity contribution in [1.82, 2.24) is 15.1 Å². The Morgan fingerprint density at radius 2 is 1.80 bits per heavy atom. The van der Waals surface area contributed by atoms with Crippen LogP contribution in [0.1, 0.15) is 25.7 Å². The lowest BCUT2D eigenvalue weighted by Gasteiger charge is -2.34. The van der Waals surface area contributed by atoms with Crippen LogP contribution >= 0.6 is 0 Å². The Bertz CT molecular complexity index is 155. The second-order valence-electron chi connectivity index (χ2n) is 4.97. The van der Waals surface area contributed by atoms with Gasteiger partial charge in [-0.25, -0.2) is 0 Å². The van der Waals surface area contributed by atoms with Gasteiger partial charge in [0.2, 0.25) is 0 Å². The first-order valence-corrected chi connectivity index (χ1v) is 6.26. The molecular formula is C12H27N3. The Hall–Kier alpha value is -0.120. The lowest BCUT2D eigenvalue weighted by Crippen LogP contribution is -2.41. The molecule has 0 aromatic rings. The largest absolute Gasteiger partial charge is 0.315 e. The van der Waals surface area contributed by atoms with Crippen LogP contribution in [-0.2, 0) is 0 Å². The third kappa shape index (κ3) is 5.50. The molecule has 1 rings (SSSR count). The first-order chi connectivity index (χ1) is 7.20. The van der Waals surface area contributed by atoms with E-state index in [-0.39, 0.29) is 0 Å². The van der Waals surface area contributed by atoms with Gasteiger partial charge in [-0.15, -0.1) is 0 Å². The highest BCUT2D eigenvalue weighted by Gasteiger charge is 2.20. The van der Waals surface area contributed by atoms with E-state index in [1.807, 2.05) is 0 Å². The molecule has 0 aromatic heterocycles. The molecule has 0 atom stereocenters. The van der Waals surface area contributed by atoms with Crippen LogP contribution in [0.3, 0.4) is 0 Å². The fourth-order valence-corrected chi connectivity index (χ4v) is 1.91. The molecule has 0 radical (unpaired) electrons. The van der Waals surface area contributed by atoms with E-state index in [4.69, 9.17) is 0 Å². The van der Waals surface area contributed by atoms with E-state index < -0.39 is 0 Å². The summed E-state index contributed by atoms with van der Waals surface area (Å²) in [4.78, 5) is 4.74. The molecule has 0 aliphatic heterocycles. The van der Waals surface area contributed by atoms with Crippen LogP contribution in [0.4, 0.5) is 0 Å². The summed E-state index contributed by atoms with van der Waals surface area (Å²) in [5, 5.41) is 3.51. The zero-order valence-corrected chi connectivity index (χ0v) is 10.6. The van der Waals surface area contributed by atoms with Gasteiger partial charge in [-0.2, -0.15) is 0 Å². The van der Waals surface area contributed by atoms with E-state index in [2.05, 4.69) is 36.3 Å². The highest BCUT2D eigenvalue weighted by atomic mass is 15.1. The molecule has 0 unspecified atom stereocenters. The van der Waals surface area contributed by atoms with E-state index in [0.717, 1.165) is 19.1 Å². The maximum atomic E-state index is 3.51. The van der Waals surface area contributed by atoms with Gasteiger partial charge in [0.05, 0.1) is 0 Å². The van der Waals surface area contributed by atoms with Crippen LogP contribution in [0, 0.1) is 0 Å². The molecular weight excluding hydrogens is 186 g/mol. The number of rotatable bonds is 8. The Labute approximate surface area is 94.8 Å². The highest BCUT2D eigenvalue weighted by molar-refractivity contribution is 4.77. The predicted molar refractivity (Wildman–Crippen MR) is 66.3 cm³/mol. The van der Waals surface area contributed by atoms with E-state index in [0.29, 0.717) is 0 Å². The minimum absolute atomic E-state index is 0.883. The normalized spacial score (nSPS) is 17.4. The molecule has 1 fully saturated rings. The molecule has 0 spiro atoms. The first-order valence-electron chi connectivity index (χ1n) is 6.26. The molecule has 15 heavy (non-hydrogen) atoms. The van der Waals surface area contributed by atoms with Crippen molar-refractivity contribution in [3.63, 3.8) is 0 Å². The summed E-state index contributed by atoms with van der Waals surface area (Å²) in [6.45, 7) is 4.68. The second kappa shape index (κ2) is 7.20. The average molecular weight is 213 g/mol. The molecule has 0 aromatic carbocycles. The number of nitrogens with one attached hydrogen (secondary N) is 1. The molecule has 0 bridgehead atoms. The van der Waals surface area contributed by atoms with E-state index in [1.165, 1.54) is 38.8 Å². The maximum Gasteiger partial charge on any atom is 0.0107 e. The van der Waals surface area contributed by atoms with Gasteiger partial charge in [0.25, 0.3) is 0 Å². The number of nitrogens with zero attached hydrogens (tertiary/aromatic N) is 2. The fourth-order valence-electron chi connectivity index (χ4n) is 1.91. The minimum Gasteiger partial charge on any atom is -0.315 e. The molecule has 3 heteroatoms. The van der Waals surface area contributed by atoms with Crippen LogP contribution in [0.15, 0.2) is 0 Å². The van der Waals surface area contributed by atoms with Crippen molar-refractivity contribution in [2.45, 2.75) is 31.7 Å². The predicted octanol–water partition coefficient (Wildman–Crippen LogP) is 1.01. The van der Waals surface area contributed by atoms with Crippen LogP contribution in [0.25, 0.3) is 0 Å². The summed E-state index contributed by atoms with van der Waals surface area (Å²) < 4.78 is 0. The first kappa shape index (κ1) is 12.9. The van der Waals surface area contributed by atoms with Gasteiger partial charge in [0.1, 0.15) is 0 Å². The van der Waals surface area contributed by atoms with Gasteiger partial charge in [0.15, 0.2) is 0 Å². The topological polar surface area (TPSA) is 18.5 Å². The summed E-state index contributed by atoms with van der Waals surface area (Å²) >= 11 is 0. The summed E-state index contributed by atoms with van der Waals surface area (Å²) in [6.07, 6.45) is 5.51. The molecule has 0 amide bonds. The van der Waals surface area contributed by atoms with E-state index in [9.17, 15) is 0 Å². The SMILES string of the molecule is CN(C)CCCNCCN(C)C1CCC1. The quantitative estimate of drug-likeness (QED) is 0.607. The Morgan fingerprint density at radius 3 is 2.33 bits per heavy atom. The Kier molecular flexibility index (Phi) is 6.22. The van der Waals surface area contributed by atoms with Gasteiger partial charge in [-0.3, -0.25) is 0 Å².